The average Bonchev–Trinajstić information content (AvgIpc) is 3.16. The Morgan fingerprint density at radius 2 is 1.62 bits per heavy atom. The van der Waals surface area contributed by atoms with E-state index < -0.39 is 26.3 Å². The van der Waals surface area contributed by atoms with E-state index in [2.05, 4.69) is 33.9 Å². The second-order valence-electron chi connectivity index (χ2n) is 10.1. The van der Waals surface area contributed by atoms with E-state index in [9.17, 15) is 0 Å². The molecule has 2 aromatic carbocycles. The predicted molar refractivity (Wildman–Crippen MR) is 129 cm³/mol. The van der Waals surface area contributed by atoms with Crippen molar-refractivity contribution >= 4 is 8.32 Å². The summed E-state index contributed by atoms with van der Waals surface area (Å²) in [6.45, 7) is 13.8. The molecular weight excluding hydrogens is 421 g/mol. The Balaban J connectivity index is 1.95. The zero-order valence-corrected chi connectivity index (χ0v) is 21.3. The molecular formula is C26H38FNO3Si. The number of hydrogen-bond acceptors (Lipinski definition) is 4. The predicted octanol–water partition coefficient (Wildman–Crippen LogP) is 6.44. The topological polar surface area (TPSA) is 30.9 Å². The molecule has 4 nitrogen and oxygen atoms in total. The molecule has 0 aliphatic carbocycles. The van der Waals surface area contributed by atoms with Gasteiger partial charge in [0.2, 0.25) is 0 Å². The molecule has 0 N–H and O–H groups in total. The second kappa shape index (κ2) is 10.1. The lowest BCUT2D eigenvalue weighted by atomic mass is 9.86. The van der Waals surface area contributed by atoms with Crippen LogP contribution >= 0.6 is 0 Å². The van der Waals surface area contributed by atoms with Crippen LogP contribution in [0, 0.1) is 0 Å². The summed E-state index contributed by atoms with van der Waals surface area (Å²) in [7, 11) is -2.16. The number of hydrogen-bond donors (Lipinski definition) is 0. The lowest BCUT2D eigenvalue weighted by Crippen LogP contribution is -2.51. The summed E-state index contributed by atoms with van der Waals surface area (Å²) in [5, 5.41) is 1.76. The van der Waals surface area contributed by atoms with Crippen LogP contribution in [0.4, 0.5) is 4.39 Å². The van der Waals surface area contributed by atoms with Crippen LogP contribution in [0.5, 0.6) is 0 Å². The van der Waals surface area contributed by atoms with Gasteiger partial charge in [0, 0.05) is 19.6 Å². The Morgan fingerprint density at radius 1 is 1.03 bits per heavy atom. The van der Waals surface area contributed by atoms with Crippen molar-refractivity contribution in [3.05, 3.63) is 71.8 Å². The van der Waals surface area contributed by atoms with Gasteiger partial charge in [-0.3, -0.25) is 4.84 Å². The molecule has 176 valence electrons. The lowest BCUT2D eigenvalue weighted by molar-refractivity contribution is -0.252. The fourth-order valence-electron chi connectivity index (χ4n) is 3.77. The molecule has 0 bridgehead atoms. The van der Waals surface area contributed by atoms with Crippen molar-refractivity contribution in [2.24, 2.45) is 0 Å². The van der Waals surface area contributed by atoms with Crippen LogP contribution in [-0.4, -0.2) is 38.9 Å². The molecule has 2 aromatic rings. The Hall–Kier alpha value is -1.57. The van der Waals surface area contributed by atoms with Crippen LogP contribution in [0.15, 0.2) is 60.7 Å². The molecule has 1 fully saturated rings. The number of halogens is 1. The average molecular weight is 460 g/mol. The van der Waals surface area contributed by atoms with Crippen LogP contribution in [0.2, 0.25) is 18.1 Å². The Bertz CT molecular complexity index is 843. The SMILES string of the molecule is CCOC1CC(C(F)(CO[Si](C)(C)C(C)(C)C)c2ccccc2)N(Cc2ccccc2)O1. The van der Waals surface area contributed by atoms with Gasteiger partial charge < -0.3 is 9.16 Å². The molecule has 1 saturated heterocycles. The van der Waals surface area contributed by atoms with Crippen molar-refractivity contribution in [2.45, 2.75) is 76.8 Å². The van der Waals surface area contributed by atoms with E-state index in [0.717, 1.165) is 5.56 Å². The minimum absolute atomic E-state index is 0.00560. The zero-order chi connectivity index (χ0) is 23.4. The summed E-state index contributed by atoms with van der Waals surface area (Å²) >= 11 is 0. The third-order valence-corrected chi connectivity index (χ3v) is 11.3. The first-order valence-electron chi connectivity index (χ1n) is 11.5. The number of ether oxygens (including phenoxy) is 1. The number of rotatable bonds is 9. The summed E-state index contributed by atoms with van der Waals surface area (Å²) in [5.74, 6) is 0. The van der Waals surface area contributed by atoms with Crippen LogP contribution in [0.25, 0.3) is 0 Å². The zero-order valence-electron chi connectivity index (χ0n) is 20.3. The molecule has 3 rings (SSSR count). The molecule has 0 saturated carbocycles. The summed E-state index contributed by atoms with van der Waals surface area (Å²) in [5.41, 5.74) is -0.0601. The van der Waals surface area contributed by atoms with Crippen molar-refractivity contribution in [3.63, 3.8) is 0 Å². The third-order valence-electron chi connectivity index (χ3n) is 6.78. The standard InChI is InChI=1S/C26H38FNO3Si/c1-7-29-24-18-23(28(31-24)19-21-14-10-8-11-15-21)26(27,22-16-12-9-13-17-22)20-30-32(5,6)25(2,3)4/h8-17,23-24H,7,18-20H2,1-6H3. The van der Waals surface area contributed by atoms with Gasteiger partial charge in [-0.2, -0.15) is 5.06 Å². The highest BCUT2D eigenvalue weighted by atomic mass is 28.4. The third kappa shape index (κ3) is 5.67. The van der Waals surface area contributed by atoms with E-state index >= 15 is 4.39 Å². The van der Waals surface area contributed by atoms with Crippen LogP contribution in [0.3, 0.4) is 0 Å². The monoisotopic (exact) mass is 459 g/mol. The van der Waals surface area contributed by atoms with Gasteiger partial charge in [-0.1, -0.05) is 81.4 Å². The van der Waals surface area contributed by atoms with Crippen molar-refractivity contribution < 1.29 is 18.4 Å². The van der Waals surface area contributed by atoms with Gasteiger partial charge in [0.05, 0.1) is 12.6 Å². The normalized spacial score (nSPS) is 22.1. The van der Waals surface area contributed by atoms with E-state index in [1.54, 1.807) is 5.06 Å². The number of nitrogens with zero attached hydrogens (tertiary/aromatic N) is 1. The Kier molecular flexibility index (Phi) is 7.94. The molecule has 1 aliphatic rings. The molecule has 0 radical (unpaired) electrons. The highest BCUT2D eigenvalue weighted by Crippen LogP contribution is 2.43. The summed E-state index contributed by atoms with van der Waals surface area (Å²) < 4.78 is 29.5. The van der Waals surface area contributed by atoms with Crippen molar-refractivity contribution in [1.82, 2.24) is 5.06 Å². The molecule has 6 heteroatoms. The van der Waals surface area contributed by atoms with Gasteiger partial charge in [-0.05, 0) is 36.2 Å². The highest BCUT2D eigenvalue weighted by Gasteiger charge is 2.52. The van der Waals surface area contributed by atoms with Gasteiger partial charge >= 0.3 is 0 Å². The molecule has 1 aliphatic heterocycles. The number of hydroxylamine groups is 2. The van der Waals surface area contributed by atoms with Gasteiger partial charge in [0.25, 0.3) is 0 Å². The minimum Gasteiger partial charge on any atom is -0.413 e. The molecule has 32 heavy (non-hydrogen) atoms. The van der Waals surface area contributed by atoms with Gasteiger partial charge in [-0.15, -0.1) is 0 Å². The summed E-state index contributed by atoms with van der Waals surface area (Å²) in [6, 6.07) is 18.9. The van der Waals surface area contributed by atoms with Gasteiger partial charge in [-0.25, -0.2) is 4.39 Å². The van der Waals surface area contributed by atoms with E-state index in [1.807, 2.05) is 67.6 Å². The molecule has 3 unspecified atom stereocenters. The summed E-state index contributed by atoms with van der Waals surface area (Å²) in [6.07, 6.45) is -0.0344. The lowest BCUT2D eigenvalue weighted by Gasteiger charge is -2.41. The molecule has 1 heterocycles. The van der Waals surface area contributed by atoms with E-state index in [-0.39, 0.29) is 11.6 Å². The maximum atomic E-state index is 17.2. The van der Waals surface area contributed by atoms with Crippen LogP contribution < -0.4 is 0 Å². The maximum Gasteiger partial charge on any atom is 0.192 e. The van der Waals surface area contributed by atoms with Crippen molar-refractivity contribution in [3.8, 4) is 0 Å². The van der Waals surface area contributed by atoms with Crippen LogP contribution in [0.1, 0.15) is 45.2 Å². The highest BCUT2D eigenvalue weighted by molar-refractivity contribution is 6.74. The Labute approximate surface area is 193 Å². The van der Waals surface area contributed by atoms with Crippen molar-refractivity contribution in [2.75, 3.05) is 13.2 Å². The molecule has 0 aromatic heterocycles. The smallest absolute Gasteiger partial charge is 0.192 e. The van der Waals surface area contributed by atoms with Gasteiger partial charge in [0.1, 0.15) is 0 Å². The first-order valence-corrected chi connectivity index (χ1v) is 14.4. The first kappa shape index (κ1) is 25.1. The van der Waals surface area contributed by atoms with Crippen molar-refractivity contribution in [1.29, 1.82) is 0 Å². The van der Waals surface area contributed by atoms with E-state index in [1.165, 1.54) is 0 Å². The quantitative estimate of drug-likeness (QED) is 0.404. The molecule has 0 amide bonds. The fourth-order valence-corrected chi connectivity index (χ4v) is 4.77. The molecule has 3 atom stereocenters. The van der Waals surface area contributed by atoms with Crippen LogP contribution in [-0.2, 0) is 26.2 Å². The number of benzene rings is 2. The summed E-state index contributed by atoms with van der Waals surface area (Å²) in [4.78, 5) is 6.11. The van der Waals surface area contributed by atoms with Gasteiger partial charge in [0.15, 0.2) is 20.3 Å². The Morgan fingerprint density at radius 3 is 2.19 bits per heavy atom. The number of alkyl halides is 1. The minimum atomic E-state index is -2.16. The maximum absolute atomic E-state index is 17.2. The first-order chi connectivity index (χ1) is 15.1. The van der Waals surface area contributed by atoms with E-state index in [4.69, 9.17) is 14.0 Å². The largest absolute Gasteiger partial charge is 0.413 e. The fraction of sp³-hybridized carbons (Fsp3) is 0.538. The van der Waals surface area contributed by atoms with E-state index in [0.29, 0.717) is 25.1 Å². The molecule has 0 spiro atoms. The second-order valence-corrected chi connectivity index (χ2v) is 14.9.